The van der Waals surface area contributed by atoms with Crippen LogP contribution in [0.5, 0.6) is 0 Å². The lowest BCUT2D eigenvalue weighted by Gasteiger charge is -2.26. The summed E-state index contributed by atoms with van der Waals surface area (Å²) < 4.78 is 2.03. The van der Waals surface area contributed by atoms with E-state index < -0.39 is 0 Å². The zero-order chi connectivity index (χ0) is 24.5. The average Bonchev–Trinajstić information content (AvgIpc) is 3.20. The second kappa shape index (κ2) is 9.55. The molecule has 0 spiro atoms. The minimum Gasteiger partial charge on any atom is -0.349 e. The Kier molecular flexibility index (Phi) is 6.31. The van der Waals surface area contributed by atoms with Crippen LogP contribution < -0.4 is 16.4 Å². The number of nitrogens with two attached hydrogens (primary N) is 1. The molecule has 4 N–H and O–H groups in total. The first-order chi connectivity index (χ1) is 16.9. The molecule has 2 heterocycles. The number of carbonyl (C=O) groups excluding carboxylic acids is 1. The molecule has 2 aromatic carbocycles. The second-order valence-corrected chi connectivity index (χ2v) is 9.80. The lowest BCUT2D eigenvalue weighted by molar-refractivity contribution is 0.0926. The van der Waals surface area contributed by atoms with Crippen molar-refractivity contribution < 1.29 is 4.79 Å². The quantitative estimate of drug-likeness (QED) is 0.353. The fourth-order valence-corrected chi connectivity index (χ4v) is 4.96. The Morgan fingerprint density at radius 2 is 1.69 bits per heavy atom. The molecule has 5 rings (SSSR count). The fourth-order valence-electron chi connectivity index (χ4n) is 4.96. The first-order valence-electron chi connectivity index (χ1n) is 12.4. The van der Waals surface area contributed by atoms with Crippen LogP contribution in [-0.2, 0) is 0 Å². The number of imidazole rings is 1. The molecule has 180 valence electrons. The maximum atomic E-state index is 13.0. The summed E-state index contributed by atoms with van der Waals surface area (Å²) in [4.78, 5) is 18.0. The molecule has 1 amide bonds. The van der Waals surface area contributed by atoms with E-state index >= 15 is 0 Å². The Labute approximate surface area is 206 Å². The van der Waals surface area contributed by atoms with Crippen molar-refractivity contribution in [2.75, 3.05) is 5.32 Å². The van der Waals surface area contributed by atoms with Gasteiger partial charge < -0.3 is 16.4 Å². The van der Waals surface area contributed by atoms with Gasteiger partial charge in [-0.2, -0.15) is 0 Å². The number of hydrogen-bond donors (Lipinski definition) is 3. The number of anilines is 2. The van der Waals surface area contributed by atoms with E-state index in [0.717, 1.165) is 54.1 Å². The molecular weight excluding hydrogens is 434 g/mol. The largest absolute Gasteiger partial charge is 0.349 e. The highest BCUT2D eigenvalue weighted by atomic mass is 16.1. The number of nitrogens with one attached hydrogen (secondary N) is 2. The summed E-state index contributed by atoms with van der Waals surface area (Å²) >= 11 is 0. The molecule has 0 radical (unpaired) electrons. The van der Waals surface area contributed by atoms with Crippen molar-refractivity contribution in [3.63, 3.8) is 0 Å². The van der Waals surface area contributed by atoms with E-state index in [-0.39, 0.29) is 18.0 Å². The van der Waals surface area contributed by atoms with E-state index in [1.165, 1.54) is 16.7 Å². The molecule has 1 aliphatic carbocycles. The van der Waals surface area contributed by atoms with Crippen LogP contribution in [0.3, 0.4) is 0 Å². The monoisotopic (exact) mass is 467 g/mol. The lowest BCUT2D eigenvalue weighted by Crippen LogP contribution is -2.40. The Balaban J connectivity index is 1.54. The number of benzene rings is 2. The summed E-state index contributed by atoms with van der Waals surface area (Å²) in [7, 11) is 0. The molecular formula is C29H33N5O. The number of amides is 1. The topological polar surface area (TPSA) is 84.5 Å². The third-order valence-electron chi connectivity index (χ3n) is 7.01. The Hall–Kier alpha value is -3.64. The number of carbonyl (C=O) groups is 1. The van der Waals surface area contributed by atoms with Crippen molar-refractivity contribution in [1.29, 1.82) is 0 Å². The summed E-state index contributed by atoms with van der Waals surface area (Å²) in [6.07, 6.45) is 5.71. The predicted molar refractivity (Wildman–Crippen MR) is 142 cm³/mol. The molecule has 6 heteroatoms. The van der Waals surface area contributed by atoms with Gasteiger partial charge in [-0.3, -0.25) is 9.20 Å². The minimum atomic E-state index is -0.0580. The molecule has 4 aromatic rings. The van der Waals surface area contributed by atoms with Crippen molar-refractivity contribution in [3.05, 3.63) is 83.0 Å². The highest BCUT2D eigenvalue weighted by Gasteiger charge is 2.22. The first-order valence-corrected chi connectivity index (χ1v) is 12.4. The SMILES string of the molecule is Cc1cccc(-c2nc3cc(C(=O)NC4CCC(N)CC4)ccn3c2Nc2c(C)cccc2C)c1. The average molecular weight is 468 g/mol. The van der Waals surface area contributed by atoms with Gasteiger partial charge in [-0.25, -0.2) is 4.98 Å². The van der Waals surface area contributed by atoms with Crippen LogP contribution in [-0.4, -0.2) is 27.4 Å². The molecule has 0 unspecified atom stereocenters. The number of fused-ring (bicyclic) bond motifs is 1. The third-order valence-corrected chi connectivity index (χ3v) is 7.01. The van der Waals surface area contributed by atoms with E-state index in [1.54, 1.807) is 0 Å². The van der Waals surface area contributed by atoms with Gasteiger partial charge in [-0.1, -0.05) is 42.0 Å². The predicted octanol–water partition coefficient (Wildman–Crippen LogP) is 5.67. The zero-order valence-corrected chi connectivity index (χ0v) is 20.6. The first kappa shape index (κ1) is 23.1. The summed E-state index contributed by atoms with van der Waals surface area (Å²) in [5.74, 6) is 0.827. The molecule has 2 aromatic heterocycles. The molecule has 1 aliphatic rings. The van der Waals surface area contributed by atoms with E-state index in [2.05, 4.69) is 67.8 Å². The Bertz CT molecular complexity index is 1360. The highest BCUT2D eigenvalue weighted by Crippen LogP contribution is 2.34. The van der Waals surface area contributed by atoms with Gasteiger partial charge in [0, 0.05) is 35.1 Å². The van der Waals surface area contributed by atoms with Crippen LogP contribution in [0.4, 0.5) is 11.5 Å². The molecule has 0 aliphatic heterocycles. The molecule has 6 nitrogen and oxygen atoms in total. The van der Waals surface area contributed by atoms with Gasteiger partial charge in [-0.05, 0) is 75.8 Å². The molecule has 1 fully saturated rings. The van der Waals surface area contributed by atoms with Gasteiger partial charge in [-0.15, -0.1) is 0 Å². The van der Waals surface area contributed by atoms with Crippen molar-refractivity contribution in [2.45, 2.75) is 58.5 Å². The fraction of sp³-hybridized carbons (Fsp3) is 0.310. The van der Waals surface area contributed by atoms with E-state index in [9.17, 15) is 4.79 Å². The second-order valence-electron chi connectivity index (χ2n) is 9.80. The summed E-state index contributed by atoms with van der Waals surface area (Å²) in [5.41, 5.74) is 13.8. The number of aromatic nitrogens is 2. The van der Waals surface area contributed by atoms with Gasteiger partial charge in [0.1, 0.15) is 17.2 Å². The molecule has 1 saturated carbocycles. The number of para-hydroxylation sites is 1. The molecule has 0 bridgehead atoms. The van der Waals surface area contributed by atoms with Gasteiger partial charge in [0.15, 0.2) is 0 Å². The maximum absolute atomic E-state index is 13.0. The minimum absolute atomic E-state index is 0.0580. The Morgan fingerprint density at radius 1 is 0.971 bits per heavy atom. The number of rotatable bonds is 5. The lowest BCUT2D eigenvalue weighted by atomic mass is 9.91. The van der Waals surface area contributed by atoms with Crippen LogP contribution in [0.1, 0.15) is 52.7 Å². The number of aryl methyl sites for hydroxylation is 3. The molecule has 0 atom stereocenters. The van der Waals surface area contributed by atoms with Crippen LogP contribution >= 0.6 is 0 Å². The van der Waals surface area contributed by atoms with Crippen molar-refractivity contribution >= 4 is 23.1 Å². The van der Waals surface area contributed by atoms with Gasteiger partial charge in [0.25, 0.3) is 5.91 Å². The Morgan fingerprint density at radius 3 is 2.40 bits per heavy atom. The van der Waals surface area contributed by atoms with E-state index in [0.29, 0.717) is 5.56 Å². The van der Waals surface area contributed by atoms with Gasteiger partial charge in [0.2, 0.25) is 0 Å². The summed E-state index contributed by atoms with van der Waals surface area (Å²) in [5, 5.41) is 6.85. The molecule has 35 heavy (non-hydrogen) atoms. The third kappa shape index (κ3) is 4.80. The highest BCUT2D eigenvalue weighted by molar-refractivity contribution is 5.95. The van der Waals surface area contributed by atoms with Crippen LogP contribution in [0.15, 0.2) is 60.8 Å². The van der Waals surface area contributed by atoms with Crippen molar-refractivity contribution in [3.8, 4) is 11.3 Å². The zero-order valence-electron chi connectivity index (χ0n) is 20.6. The van der Waals surface area contributed by atoms with Crippen LogP contribution in [0.2, 0.25) is 0 Å². The number of pyridine rings is 1. The van der Waals surface area contributed by atoms with Crippen molar-refractivity contribution in [2.24, 2.45) is 5.73 Å². The smallest absolute Gasteiger partial charge is 0.251 e. The number of nitrogens with zero attached hydrogens (tertiary/aromatic N) is 2. The number of hydrogen-bond acceptors (Lipinski definition) is 4. The van der Waals surface area contributed by atoms with E-state index in [1.807, 2.05) is 28.8 Å². The maximum Gasteiger partial charge on any atom is 0.251 e. The summed E-state index contributed by atoms with van der Waals surface area (Å²) in [6, 6.07) is 18.8. The molecule has 0 saturated heterocycles. The van der Waals surface area contributed by atoms with Crippen molar-refractivity contribution in [1.82, 2.24) is 14.7 Å². The van der Waals surface area contributed by atoms with E-state index in [4.69, 9.17) is 10.7 Å². The normalized spacial score (nSPS) is 17.9. The van der Waals surface area contributed by atoms with Crippen LogP contribution in [0.25, 0.3) is 16.9 Å². The van der Waals surface area contributed by atoms with Gasteiger partial charge in [0.05, 0.1) is 0 Å². The van der Waals surface area contributed by atoms with Gasteiger partial charge >= 0.3 is 0 Å². The standard InChI is InChI=1S/C29H33N5O/c1-18-6-4-9-21(16-18)27-28(33-26-19(2)7-5-8-20(26)3)34-15-14-22(17-25(34)32-27)29(35)31-24-12-10-23(30)11-13-24/h4-9,14-17,23-24,33H,10-13,30H2,1-3H3,(H,31,35). The van der Waals surface area contributed by atoms with Crippen LogP contribution in [0, 0.1) is 20.8 Å². The summed E-state index contributed by atoms with van der Waals surface area (Å²) in [6.45, 7) is 6.29.